The fourth-order valence-corrected chi connectivity index (χ4v) is 3.40. The van der Waals surface area contributed by atoms with Gasteiger partial charge in [0.05, 0.1) is 30.0 Å². The molecule has 0 fully saturated rings. The average molecular weight is 382 g/mol. The molecule has 0 bridgehead atoms. The van der Waals surface area contributed by atoms with Crippen LogP contribution < -0.4 is 4.74 Å². The Morgan fingerprint density at radius 2 is 2.15 bits per heavy atom. The third-order valence-corrected chi connectivity index (χ3v) is 4.64. The monoisotopic (exact) mass is 382 g/mol. The molecule has 0 saturated carbocycles. The van der Waals surface area contributed by atoms with Crippen molar-refractivity contribution >= 4 is 34.5 Å². The van der Waals surface area contributed by atoms with E-state index in [1.165, 1.54) is 11.8 Å². The first-order chi connectivity index (χ1) is 13.1. The molecule has 1 N–H and O–H groups in total. The Balaban J connectivity index is 2.03. The molecule has 138 valence electrons. The van der Waals surface area contributed by atoms with Gasteiger partial charge in [0.25, 0.3) is 0 Å². The van der Waals surface area contributed by atoms with Gasteiger partial charge in [0.2, 0.25) is 0 Å². The number of rotatable bonds is 5. The lowest BCUT2D eigenvalue weighted by atomic mass is 10.2. The molecule has 1 aliphatic heterocycles. The van der Waals surface area contributed by atoms with Gasteiger partial charge in [0.1, 0.15) is 22.1 Å². The fourth-order valence-electron chi connectivity index (χ4n) is 2.38. The molecule has 7 heteroatoms. The molecule has 2 heterocycles. The lowest BCUT2D eigenvalue weighted by molar-refractivity contribution is -0.138. The standard InChI is InChI=1S/C20H18N2O4S/c1-3-26-20(24)17-18(23)16(12-13-7-4-5-10-21-13)27-19(17)22-14-8-6-9-15(11-14)25-2/h4-12,23H,3H2,1-2H3. The molecule has 1 aromatic heterocycles. The molecule has 27 heavy (non-hydrogen) atoms. The highest BCUT2D eigenvalue weighted by molar-refractivity contribution is 8.18. The highest BCUT2D eigenvalue weighted by atomic mass is 32.2. The second kappa shape index (κ2) is 8.55. The largest absolute Gasteiger partial charge is 0.506 e. The molecular formula is C20H18N2O4S. The van der Waals surface area contributed by atoms with Gasteiger partial charge in [-0.15, -0.1) is 0 Å². The summed E-state index contributed by atoms with van der Waals surface area (Å²) >= 11 is 1.19. The number of benzene rings is 1. The third-order valence-electron chi connectivity index (χ3n) is 3.62. The molecule has 1 aromatic carbocycles. The van der Waals surface area contributed by atoms with E-state index < -0.39 is 5.97 Å². The van der Waals surface area contributed by atoms with Gasteiger partial charge in [-0.2, -0.15) is 0 Å². The first-order valence-electron chi connectivity index (χ1n) is 8.26. The minimum atomic E-state index is -0.617. The summed E-state index contributed by atoms with van der Waals surface area (Å²) in [6.07, 6.45) is 3.36. The van der Waals surface area contributed by atoms with Crippen LogP contribution >= 0.6 is 11.8 Å². The Bertz CT molecular complexity index is 936. The Morgan fingerprint density at radius 1 is 1.30 bits per heavy atom. The van der Waals surface area contributed by atoms with Crippen molar-refractivity contribution in [1.29, 1.82) is 0 Å². The van der Waals surface area contributed by atoms with Crippen LogP contribution in [0.5, 0.6) is 5.75 Å². The molecular weight excluding hydrogens is 364 g/mol. The van der Waals surface area contributed by atoms with Crippen molar-refractivity contribution < 1.29 is 19.4 Å². The molecule has 0 aliphatic carbocycles. The molecule has 0 unspecified atom stereocenters. The van der Waals surface area contributed by atoms with E-state index in [1.807, 2.05) is 12.1 Å². The van der Waals surface area contributed by atoms with Crippen LogP contribution in [0.2, 0.25) is 0 Å². The molecule has 0 amide bonds. The molecule has 0 saturated heterocycles. The smallest absolute Gasteiger partial charge is 0.344 e. The lowest BCUT2D eigenvalue weighted by Gasteiger charge is -2.04. The molecule has 2 aromatic rings. The van der Waals surface area contributed by atoms with Crippen molar-refractivity contribution in [2.75, 3.05) is 13.7 Å². The number of ether oxygens (including phenoxy) is 2. The Hall–Kier alpha value is -3.06. The Morgan fingerprint density at radius 3 is 2.85 bits per heavy atom. The summed E-state index contributed by atoms with van der Waals surface area (Å²) in [6, 6.07) is 12.6. The Kier molecular flexibility index (Phi) is 5.93. The first kappa shape index (κ1) is 18.7. The summed E-state index contributed by atoms with van der Waals surface area (Å²) in [6.45, 7) is 1.91. The van der Waals surface area contributed by atoms with Crippen LogP contribution in [0.1, 0.15) is 12.6 Å². The van der Waals surface area contributed by atoms with Crippen LogP contribution in [-0.2, 0) is 9.53 Å². The quantitative estimate of drug-likeness (QED) is 0.777. The van der Waals surface area contributed by atoms with Crippen molar-refractivity contribution in [2.45, 2.75) is 6.92 Å². The van der Waals surface area contributed by atoms with E-state index >= 15 is 0 Å². The van der Waals surface area contributed by atoms with Crippen molar-refractivity contribution in [3.05, 3.63) is 70.6 Å². The van der Waals surface area contributed by atoms with E-state index in [9.17, 15) is 9.90 Å². The number of methoxy groups -OCH3 is 1. The van der Waals surface area contributed by atoms with Crippen LogP contribution in [0.15, 0.2) is 69.9 Å². The van der Waals surface area contributed by atoms with Gasteiger partial charge in [-0.05, 0) is 37.3 Å². The zero-order chi connectivity index (χ0) is 19.2. The number of aliphatic imine (C=N–C) groups is 1. The van der Waals surface area contributed by atoms with Crippen LogP contribution in [0, 0.1) is 0 Å². The molecule has 6 nitrogen and oxygen atoms in total. The van der Waals surface area contributed by atoms with Gasteiger partial charge in [0.15, 0.2) is 0 Å². The zero-order valence-corrected chi connectivity index (χ0v) is 15.7. The second-order valence-electron chi connectivity index (χ2n) is 5.43. The second-order valence-corrected chi connectivity index (χ2v) is 6.46. The molecule has 3 rings (SSSR count). The summed E-state index contributed by atoms with van der Waals surface area (Å²) < 4.78 is 10.3. The number of hydrogen-bond acceptors (Lipinski definition) is 7. The topological polar surface area (TPSA) is 81.0 Å². The van der Waals surface area contributed by atoms with Gasteiger partial charge in [-0.25, -0.2) is 9.79 Å². The predicted octanol–water partition coefficient (Wildman–Crippen LogP) is 4.28. The number of aromatic nitrogens is 1. The number of aliphatic hydroxyl groups excluding tert-OH is 1. The maximum Gasteiger partial charge on any atom is 0.344 e. The minimum Gasteiger partial charge on any atom is -0.506 e. The van der Waals surface area contributed by atoms with Gasteiger partial charge in [0, 0.05) is 12.3 Å². The van der Waals surface area contributed by atoms with Gasteiger partial charge in [-0.1, -0.05) is 23.9 Å². The number of carbonyl (C=O) groups is 1. The zero-order valence-electron chi connectivity index (χ0n) is 14.9. The van der Waals surface area contributed by atoms with E-state index in [2.05, 4.69) is 9.98 Å². The number of nitrogens with zero attached hydrogens (tertiary/aromatic N) is 2. The van der Waals surface area contributed by atoms with Crippen LogP contribution in [0.4, 0.5) is 5.69 Å². The minimum absolute atomic E-state index is 0.0480. The van der Waals surface area contributed by atoms with E-state index in [1.54, 1.807) is 56.6 Å². The number of esters is 1. The van der Waals surface area contributed by atoms with Crippen molar-refractivity contribution in [1.82, 2.24) is 4.98 Å². The number of thioether (sulfide) groups is 1. The maximum absolute atomic E-state index is 12.4. The van der Waals surface area contributed by atoms with Gasteiger partial charge in [-0.3, -0.25) is 4.98 Å². The van der Waals surface area contributed by atoms with Gasteiger partial charge < -0.3 is 14.6 Å². The summed E-state index contributed by atoms with van der Waals surface area (Å²) in [5, 5.41) is 11.0. The molecule has 1 aliphatic rings. The average Bonchev–Trinajstić information content (AvgIpc) is 2.98. The summed E-state index contributed by atoms with van der Waals surface area (Å²) in [5.41, 5.74) is 1.31. The fraction of sp³-hybridized carbons (Fsp3) is 0.150. The number of aliphatic hydroxyl groups is 1. The van der Waals surface area contributed by atoms with E-state index in [0.717, 1.165) is 0 Å². The molecule has 0 spiro atoms. The molecule has 0 atom stereocenters. The van der Waals surface area contributed by atoms with Crippen LogP contribution in [0.25, 0.3) is 6.08 Å². The first-order valence-corrected chi connectivity index (χ1v) is 9.08. The van der Waals surface area contributed by atoms with Crippen molar-refractivity contribution in [2.24, 2.45) is 4.99 Å². The normalized spacial score (nSPS) is 16.8. The van der Waals surface area contributed by atoms with Crippen LogP contribution in [0.3, 0.4) is 0 Å². The van der Waals surface area contributed by atoms with Crippen LogP contribution in [-0.4, -0.2) is 34.8 Å². The van der Waals surface area contributed by atoms with E-state index in [0.29, 0.717) is 27.1 Å². The highest BCUT2D eigenvalue weighted by Gasteiger charge is 2.33. The van der Waals surface area contributed by atoms with E-state index in [4.69, 9.17) is 9.47 Å². The highest BCUT2D eigenvalue weighted by Crippen LogP contribution is 2.40. The molecule has 0 radical (unpaired) electrons. The number of carbonyl (C=O) groups excluding carboxylic acids is 1. The maximum atomic E-state index is 12.4. The number of pyridine rings is 1. The van der Waals surface area contributed by atoms with Gasteiger partial charge >= 0.3 is 5.97 Å². The lowest BCUT2D eigenvalue weighted by Crippen LogP contribution is -2.12. The summed E-state index contributed by atoms with van der Waals surface area (Å²) in [5.74, 6) is -0.130. The summed E-state index contributed by atoms with van der Waals surface area (Å²) in [4.78, 5) is 21.6. The third kappa shape index (κ3) is 4.38. The SMILES string of the molecule is CCOC(=O)C1=C(O)C(=Cc2ccccn2)SC1=Nc1cccc(OC)c1. The Labute approximate surface area is 161 Å². The van der Waals surface area contributed by atoms with Crippen molar-refractivity contribution in [3.8, 4) is 5.75 Å². The number of hydrogen-bond donors (Lipinski definition) is 1. The summed E-state index contributed by atoms with van der Waals surface area (Å²) in [7, 11) is 1.57. The predicted molar refractivity (Wildman–Crippen MR) is 106 cm³/mol. The van der Waals surface area contributed by atoms with Crippen molar-refractivity contribution in [3.63, 3.8) is 0 Å². The van der Waals surface area contributed by atoms with E-state index in [-0.39, 0.29) is 17.9 Å².